The highest BCUT2D eigenvalue weighted by molar-refractivity contribution is 9.10. The van der Waals surface area contributed by atoms with Crippen molar-refractivity contribution in [1.82, 2.24) is 4.98 Å². The lowest BCUT2D eigenvalue weighted by Crippen LogP contribution is -2.08. The van der Waals surface area contributed by atoms with E-state index in [0.29, 0.717) is 40.1 Å². The van der Waals surface area contributed by atoms with Crippen molar-refractivity contribution in [2.24, 2.45) is 5.92 Å². The molecule has 21 heavy (non-hydrogen) atoms. The molecule has 0 spiro atoms. The van der Waals surface area contributed by atoms with E-state index in [1.54, 1.807) is 24.3 Å². The van der Waals surface area contributed by atoms with Gasteiger partial charge in [0.05, 0.1) is 16.8 Å². The minimum absolute atomic E-state index is 0.341. The van der Waals surface area contributed by atoms with Gasteiger partial charge in [-0.3, -0.25) is 0 Å². The third-order valence-electron chi connectivity index (χ3n) is 2.64. The average molecular weight is 354 g/mol. The molecule has 6 heteroatoms. The predicted octanol–water partition coefficient (Wildman–Crippen LogP) is 4.34. The SMILES string of the molecule is CC(C)COc1nc(Nc2ccc(Br)c(F)c2)ccc1N. The zero-order valence-corrected chi connectivity index (χ0v) is 13.4. The molecule has 1 heterocycles. The second kappa shape index (κ2) is 6.76. The number of hydrogen-bond acceptors (Lipinski definition) is 4. The Morgan fingerprint density at radius 1 is 1.33 bits per heavy atom. The third-order valence-corrected chi connectivity index (χ3v) is 3.28. The maximum atomic E-state index is 13.5. The van der Waals surface area contributed by atoms with E-state index in [-0.39, 0.29) is 5.82 Å². The Bertz CT molecular complexity index is 634. The van der Waals surface area contributed by atoms with Gasteiger partial charge in [-0.05, 0) is 52.2 Å². The minimum atomic E-state index is -0.341. The van der Waals surface area contributed by atoms with Crippen LogP contribution in [0.2, 0.25) is 0 Å². The number of anilines is 3. The summed E-state index contributed by atoms with van der Waals surface area (Å²) in [6.45, 7) is 4.62. The van der Waals surface area contributed by atoms with Crippen molar-refractivity contribution in [3.05, 3.63) is 40.6 Å². The van der Waals surface area contributed by atoms with Gasteiger partial charge in [-0.25, -0.2) is 4.39 Å². The van der Waals surface area contributed by atoms with Crippen LogP contribution in [0.4, 0.5) is 21.6 Å². The molecular formula is C15H17BrFN3O. The third kappa shape index (κ3) is 4.32. The summed E-state index contributed by atoms with van der Waals surface area (Å²) in [5.41, 5.74) is 6.91. The number of aromatic nitrogens is 1. The van der Waals surface area contributed by atoms with Crippen LogP contribution >= 0.6 is 15.9 Å². The van der Waals surface area contributed by atoms with Crippen molar-refractivity contribution in [2.75, 3.05) is 17.7 Å². The summed E-state index contributed by atoms with van der Waals surface area (Å²) < 4.78 is 19.5. The molecule has 1 aromatic carbocycles. The predicted molar refractivity (Wildman–Crippen MR) is 86.4 cm³/mol. The van der Waals surface area contributed by atoms with Gasteiger partial charge in [-0.15, -0.1) is 0 Å². The molecule has 112 valence electrons. The lowest BCUT2D eigenvalue weighted by molar-refractivity contribution is 0.263. The minimum Gasteiger partial charge on any atom is -0.476 e. The van der Waals surface area contributed by atoms with Crippen LogP contribution < -0.4 is 15.8 Å². The molecule has 0 fully saturated rings. The van der Waals surface area contributed by atoms with Gasteiger partial charge in [0, 0.05) is 5.69 Å². The number of pyridine rings is 1. The number of rotatable bonds is 5. The number of nitrogen functional groups attached to an aromatic ring is 1. The van der Waals surface area contributed by atoms with E-state index in [2.05, 4.69) is 26.2 Å². The number of halogens is 2. The fraction of sp³-hybridized carbons (Fsp3) is 0.267. The molecule has 0 atom stereocenters. The van der Waals surface area contributed by atoms with Crippen molar-refractivity contribution in [1.29, 1.82) is 0 Å². The Labute approximate surface area is 131 Å². The summed E-state index contributed by atoms with van der Waals surface area (Å²) in [4.78, 5) is 4.30. The molecule has 1 aromatic heterocycles. The van der Waals surface area contributed by atoms with Crippen LogP contribution in [0, 0.1) is 11.7 Å². The number of hydrogen-bond donors (Lipinski definition) is 2. The summed E-state index contributed by atoms with van der Waals surface area (Å²) >= 11 is 3.12. The number of nitrogens with zero attached hydrogens (tertiary/aromatic N) is 1. The molecule has 3 N–H and O–H groups in total. The first-order valence-electron chi connectivity index (χ1n) is 6.57. The van der Waals surface area contributed by atoms with Crippen molar-refractivity contribution in [3.63, 3.8) is 0 Å². The van der Waals surface area contributed by atoms with Gasteiger partial charge in [0.2, 0.25) is 5.88 Å². The Morgan fingerprint density at radius 2 is 2.10 bits per heavy atom. The summed E-state index contributed by atoms with van der Waals surface area (Å²) in [5.74, 6) is 0.964. The van der Waals surface area contributed by atoms with Crippen LogP contribution in [0.25, 0.3) is 0 Å². The van der Waals surface area contributed by atoms with Gasteiger partial charge in [0.1, 0.15) is 11.6 Å². The number of ether oxygens (including phenoxy) is 1. The quantitative estimate of drug-likeness (QED) is 0.838. The molecule has 0 aliphatic rings. The Kier molecular flexibility index (Phi) is 5.01. The second-order valence-corrected chi connectivity index (χ2v) is 5.90. The fourth-order valence-electron chi connectivity index (χ4n) is 1.60. The van der Waals surface area contributed by atoms with Crippen LogP contribution in [-0.4, -0.2) is 11.6 Å². The molecule has 4 nitrogen and oxygen atoms in total. The molecular weight excluding hydrogens is 337 g/mol. The van der Waals surface area contributed by atoms with E-state index in [0.717, 1.165) is 0 Å². The van der Waals surface area contributed by atoms with E-state index >= 15 is 0 Å². The second-order valence-electron chi connectivity index (χ2n) is 5.05. The van der Waals surface area contributed by atoms with Gasteiger partial charge in [0.15, 0.2) is 0 Å². The Morgan fingerprint density at radius 3 is 2.76 bits per heavy atom. The van der Waals surface area contributed by atoms with E-state index in [4.69, 9.17) is 10.5 Å². The van der Waals surface area contributed by atoms with Crippen molar-refractivity contribution >= 4 is 33.1 Å². The highest BCUT2D eigenvalue weighted by atomic mass is 79.9. The van der Waals surface area contributed by atoms with E-state index in [9.17, 15) is 4.39 Å². The van der Waals surface area contributed by atoms with Crippen LogP contribution in [0.5, 0.6) is 5.88 Å². The number of nitrogens with two attached hydrogens (primary N) is 1. The molecule has 0 saturated carbocycles. The lowest BCUT2D eigenvalue weighted by atomic mass is 10.2. The molecule has 2 rings (SSSR count). The summed E-state index contributed by atoms with van der Waals surface area (Å²) in [6.07, 6.45) is 0. The van der Waals surface area contributed by atoms with Gasteiger partial charge < -0.3 is 15.8 Å². The van der Waals surface area contributed by atoms with Gasteiger partial charge >= 0.3 is 0 Å². The van der Waals surface area contributed by atoms with Gasteiger partial charge in [-0.2, -0.15) is 4.98 Å². The Hall–Kier alpha value is -1.82. The smallest absolute Gasteiger partial charge is 0.239 e. The monoisotopic (exact) mass is 353 g/mol. The molecule has 0 aliphatic heterocycles. The topological polar surface area (TPSA) is 60.2 Å². The van der Waals surface area contributed by atoms with Gasteiger partial charge in [0.25, 0.3) is 0 Å². The lowest BCUT2D eigenvalue weighted by Gasteiger charge is -2.12. The first kappa shape index (κ1) is 15.6. The van der Waals surface area contributed by atoms with Crippen molar-refractivity contribution in [2.45, 2.75) is 13.8 Å². The molecule has 2 aromatic rings. The fourth-order valence-corrected chi connectivity index (χ4v) is 1.85. The summed E-state index contributed by atoms with van der Waals surface area (Å²) in [6, 6.07) is 8.19. The largest absolute Gasteiger partial charge is 0.476 e. The zero-order chi connectivity index (χ0) is 15.4. The van der Waals surface area contributed by atoms with Crippen LogP contribution in [0.15, 0.2) is 34.8 Å². The average Bonchev–Trinajstić information content (AvgIpc) is 2.43. The highest BCUT2D eigenvalue weighted by Crippen LogP contribution is 2.25. The van der Waals surface area contributed by atoms with Crippen LogP contribution in [0.3, 0.4) is 0 Å². The van der Waals surface area contributed by atoms with Crippen molar-refractivity contribution in [3.8, 4) is 5.88 Å². The molecule has 0 radical (unpaired) electrons. The first-order valence-corrected chi connectivity index (χ1v) is 7.36. The molecule has 0 saturated heterocycles. The summed E-state index contributed by atoms with van der Waals surface area (Å²) in [5, 5.41) is 3.02. The maximum absolute atomic E-state index is 13.5. The van der Waals surface area contributed by atoms with Crippen LogP contribution in [0.1, 0.15) is 13.8 Å². The van der Waals surface area contributed by atoms with Gasteiger partial charge in [-0.1, -0.05) is 13.8 Å². The molecule has 0 amide bonds. The standard InChI is InChI=1S/C15H17BrFN3O/c1-9(2)8-21-15-13(18)5-6-14(20-15)19-10-3-4-11(16)12(17)7-10/h3-7,9H,8,18H2,1-2H3,(H,19,20). The molecule has 0 unspecified atom stereocenters. The zero-order valence-electron chi connectivity index (χ0n) is 11.9. The number of nitrogens with one attached hydrogen (secondary N) is 1. The number of benzene rings is 1. The first-order chi connectivity index (χ1) is 9.95. The highest BCUT2D eigenvalue weighted by Gasteiger charge is 2.07. The summed E-state index contributed by atoms with van der Waals surface area (Å²) in [7, 11) is 0. The van der Waals surface area contributed by atoms with Crippen LogP contribution in [-0.2, 0) is 0 Å². The maximum Gasteiger partial charge on any atom is 0.239 e. The van der Waals surface area contributed by atoms with Crippen molar-refractivity contribution < 1.29 is 9.13 Å². The molecule has 0 aliphatic carbocycles. The van der Waals surface area contributed by atoms with E-state index in [1.165, 1.54) is 6.07 Å². The van der Waals surface area contributed by atoms with E-state index in [1.807, 2.05) is 13.8 Å². The molecule has 0 bridgehead atoms. The van der Waals surface area contributed by atoms with E-state index < -0.39 is 0 Å². The normalized spacial score (nSPS) is 10.7. The Balaban J connectivity index is 2.16.